The van der Waals surface area contributed by atoms with Gasteiger partial charge in [0.1, 0.15) is 0 Å². The predicted octanol–water partition coefficient (Wildman–Crippen LogP) is 3.60. The molecule has 1 aromatic rings. The van der Waals surface area contributed by atoms with Crippen LogP contribution < -0.4 is 10.2 Å². The van der Waals surface area contributed by atoms with Crippen LogP contribution in [0.3, 0.4) is 0 Å². The molecule has 2 rings (SSSR count). The van der Waals surface area contributed by atoms with Gasteiger partial charge in [0, 0.05) is 24.8 Å². The fraction of sp³-hybridized carbons (Fsp3) is 0.647. The van der Waals surface area contributed by atoms with Gasteiger partial charge in [-0.3, -0.25) is 0 Å². The lowest BCUT2D eigenvalue weighted by atomic mass is 9.97. The van der Waals surface area contributed by atoms with Crippen LogP contribution in [0.15, 0.2) is 24.3 Å². The van der Waals surface area contributed by atoms with Crippen molar-refractivity contribution in [3.8, 4) is 0 Å². The van der Waals surface area contributed by atoms with Gasteiger partial charge in [0.05, 0.1) is 0 Å². The van der Waals surface area contributed by atoms with Crippen molar-refractivity contribution in [1.29, 1.82) is 0 Å². The zero-order chi connectivity index (χ0) is 13.7. The molecular weight excluding hydrogens is 232 g/mol. The van der Waals surface area contributed by atoms with Gasteiger partial charge in [-0.15, -0.1) is 0 Å². The number of rotatable bonds is 6. The summed E-state index contributed by atoms with van der Waals surface area (Å²) >= 11 is 0. The summed E-state index contributed by atoms with van der Waals surface area (Å²) in [5.41, 5.74) is 2.77. The summed E-state index contributed by atoms with van der Waals surface area (Å²) in [6, 6.07) is 9.36. The molecule has 2 nitrogen and oxygen atoms in total. The van der Waals surface area contributed by atoms with Crippen molar-refractivity contribution >= 4 is 5.69 Å². The highest BCUT2D eigenvalue weighted by molar-refractivity contribution is 5.53. The van der Waals surface area contributed by atoms with E-state index < -0.39 is 0 Å². The van der Waals surface area contributed by atoms with E-state index >= 15 is 0 Å². The molecule has 1 atom stereocenters. The normalized spacial score (nSPS) is 17.6. The Morgan fingerprint density at radius 2 is 1.95 bits per heavy atom. The molecule has 1 aliphatic carbocycles. The zero-order valence-electron chi connectivity index (χ0n) is 12.7. The van der Waals surface area contributed by atoms with Crippen LogP contribution in [-0.2, 0) is 0 Å². The monoisotopic (exact) mass is 260 g/mol. The highest BCUT2D eigenvalue weighted by Gasteiger charge is 2.25. The third-order valence-corrected chi connectivity index (χ3v) is 4.59. The molecule has 1 saturated carbocycles. The topological polar surface area (TPSA) is 15.3 Å². The van der Waals surface area contributed by atoms with E-state index in [0.717, 1.165) is 19.0 Å². The smallest absolute Gasteiger partial charge is 0.0396 e. The molecule has 19 heavy (non-hydrogen) atoms. The number of para-hydroxylation sites is 1. The number of nitrogens with zero attached hydrogens (tertiary/aromatic N) is 1. The number of benzene rings is 1. The summed E-state index contributed by atoms with van der Waals surface area (Å²) in [4.78, 5) is 2.52. The average molecular weight is 260 g/mol. The first-order valence-electron chi connectivity index (χ1n) is 7.74. The second kappa shape index (κ2) is 6.95. The first kappa shape index (κ1) is 14.4. The van der Waals surface area contributed by atoms with Gasteiger partial charge in [-0.1, -0.05) is 31.0 Å². The summed E-state index contributed by atoms with van der Waals surface area (Å²) in [5.74, 6) is 0.864. The Balaban J connectivity index is 2.07. The lowest BCUT2D eigenvalue weighted by Gasteiger charge is -2.32. The lowest BCUT2D eigenvalue weighted by molar-refractivity contribution is 0.379. The molecule has 0 saturated heterocycles. The molecule has 0 aromatic heterocycles. The van der Waals surface area contributed by atoms with Crippen LogP contribution >= 0.6 is 0 Å². The van der Waals surface area contributed by atoms with Crippen LogP contribution in [0, 0.1) is 12.8 Å². The molecule has 0 amide bonds. The maximum atomic E-state index is 3.56. The van der Waals surface area contributed by atoms with E-state index in [9.17, 15) is 0 Å². The van der Waals surface area contributed by atoms with Crippen LogP contribution in [0.5, 0.6) is 0 Å². The number of anilines is 1. The minimum atomic E-state index is 0.627. The minimum Gasteiger partial charge on any atom is -0.370 e. The SMILES string of the molecule is CCN(CC(NC)C1CCCC1)c1ccccc1C. The summed E-state index contributed by atoms with van der Waals surface area (Å²) < 4.78 is 0. The molecule has 0 spiro atoms. The van der Waals surface area contributed by atoms with Crippen molar-refractivity contribution in [3.05, 3.63) is 29.8 Å². The Labute approximate surface area is 118 Å². The van der Waals surface area contributed by atoms with Crippen molar-refractivity contribution in [2.24, 2.45) is 5.92 Å². The molecular formula is C17H28N2. The van der Waals surface area contributed by atoms with Crippen LogP contribution in [-0.4, -0.2) is 26.2 Å². The van der Waals surface area contributed by atoms with Crippen LogP contribution in [0.1, 0.15) is 38.2 Å². The van der Waals surface area contributed by atoms with Gasteiger partial charge in [0.15, 0.2) is 0 Å². The lowest BCUT2D eigenvalue weighted by Crippen LogP contribution is -2.43. The van der Waals surface area contributed by atoms with Crippen molar-refractivity contribution < 1.29 is 0 Å². The van der Waals surface area contributed by atoms with E-state index in [1.54, 1.807) is 0 Å². The third kappa shape index (κ3) is 3.50. The molecule has 1 N–H and O–H groups in total. The maximum Gasteiger partial charge on any atom is 0.0396 e. The zero-order valence-corrected chi connectivity index (χ0v) is 12.7. The van der Waals surface area contributed by atoms with E-state index in [1.807, 2.05) is 0 Å². The Hall–Kier alpha value is -1.02. The summed E-state index contributed by atoms with van der Waals surface area (Å²) in [6.07, 6.45) is 5.63. The van der Waals surface area contributed by atoms with Crippen molar-refractivity contribution in [3.63, 3.8) is 0 Å². The van der Waals surface area contributed by atoms with Crippen molar-refractivity contribution in [1.82, 2.24) is 5.32 Å². The van der Waals surface area contributed by atoms with E-state index in [2.05, 4.69) is 55.4 Å². The molecule has 0 heterocycles. The quantitative estimate of drug-likeness (QED) is 0.840. The highest BCUT2D eigenvalue weighted by atomic mass is 15.2. The molecule has 2 heteroatoms. The van der Waals surface area contributed by atoms with Gasteiger partial charge < -0.3 is 10.2 Å². The second-order valence-electron chi connectivity index (χ2n) is 5.76. The minimum absolute atomic E-state index is 0.627. The largest absolute Gasteiger partial charge is 0.370 e. The molecule has 1 fully saturated rings. The molecule has 0 aliphatic heterocycles. The Morgan fingerprint density at radius 3 is 2.53 bits per heavy atom. The van der Waals surface area contributed by atoms with Gasteiger partial charge in [-0.2, -0.15) is 0 Å². The maximum absolute atomic E-state index is 3.56. The van der Waals surface area contributed by atoms with Gasteiger partial charge in [-0.05, 0) is 51.3 Å². The summed E-state index contributed by atoms with van der Waals surface area (Å²) in [7, 11) is 2.12. The number of likely N-dealkylation sites (N-methyl/N-ethyl adjacent to an activating group) is 2. The van der Waals surface area contributed by atoms with Crippen LogP contribution in [0.25, 0.3) is 0 Å². The molecule has 1 unspecified atom stereocenters. The fourth-order valence-electron chi connectivity index (χ4n) is 3.39. The standard InChI is InChI=1S/C17H28N2/c1-4-19(17-12-8-5-9-14(17)2)13-16(18-3)15-10-6-7-11-15/h5,8-9,12,15-16,18H,4,6-7,10-11,13H2,1-3H3. The first-order chi connectivity index (χ1) is 9.26. The van der Waals surface area contributed by atoms with Crippen molar-refractivity contribution in [2.75, 3.05) is 25.0 Å². The van der Waals surface area contributed by atoms with Gasteiger partial charge in [0.2, 0.25) is 0 Å². The molecule has 106 valence electrons. The van der Waals surface area contributed by atoms with E-state index in [1.165, 1.54) is 36.9 Å². The van der Waals surface area contributed by atoms with E-state index in [-0.39, 0.29) is 0 Å². The molecule has 1 aromatic carbocycles. The highest BCUT2D eigenvalue weighted by Crippen LogP contribution is 2.29. The number of aryl methyl sites for hydroxylation is 1. The predicted molar refractivity (Wildman–Crippen MR) is 83.9 cm³/mol. The Kier molecular flexibility index (Phi) is 5.26. The third-order valence-electron chi connectivity index (χ3n) is 4.59. The Morgan fingerprint density at radius 1 is 1.26 bits per heavy atom. The number of hydrogen-bond donors (Lipinski definition) is 1. The van der Waals surface area contributed by atoms with Crippen LogP contribution in [0.2, 0.25) is 0 Å². The number of hydrogen-bond acceptors (Lipinski definition) is 2. The van der Waals surface area contributed by atoms with Crippen LogP contribution in [0.4, 0.5) is 5.69 Å². The van der Waals surface area contributed by atoms with E-state index in [0.29, 0.717) is 6.04 Å². The second-order valence-corrected chi connectivity index (χ2v) is 5.76. The first-order valence-corrected chi connectivity index (χ1v) is 7.74. The fourth-order valence-corrected chi connectivity index (χ4v) is 3.39. The van der Waals surface area contributed by atoms with Gasteiger partial charge in [-0.25, -0.2) is 0 Å². The van der Waals surface area contributed by atoms with Gasteiger partial charge >= 0.3 is 0 Å². The molecule has 1 aliphatic rings. The average Bonchev–Trinajstić information content (AvgIpc) is 2.95. The Bertz CT molecular complexity index is 383. The van der Waals surface area contributed by atoms with Crippen molar-refractivity contribution in [2.45, 2.75) is 45.6 Å². The molecule has 0 bridgehead atoms. The summed E-state index contributed by atoms with van der Waals surface area (Å²) in [5, 5.41) is 3.56. The van der Waals surface area contributed by atoms with Gasteiger partial charge in [0.25, 0.3) is 0 Å². The molecule has 0 radical (unpaired) electrons. The number of nitrogens with one attached hydrogen (secondary N) is 1. The summed E-state index contributed by atoms with van der Waals surface area (Å²) in [6.45, 7) is 6.67. The van der Waals surface area contributed by atoms with E-state index in [4.69, 9.17) is 0 Å².